The van der Waals surface area contributed by atoms with E-state index in [9.17, 15) is 9.59 Å². The largest absolute Gasteiger partial charge is 0.463 e. The molecule has 0 fully saturated rings. The van der Waals surface area contributed by atoms with E-state index in [4.69, 9.17) is 23.7 Å². The molecule has 0 heterocycles. The molecule has 226 valence electrons. The first-order valence-electron chi connectivity index (χ1n) is 15.5. The summed E-state index contributed by atoms with van der Waals surface area (Å²) in [5.74, 6) is -0.398. The molecule has 0 aliphatic heterocycles. The average molecular weight is 545 g/mol. The van der Waals surface area contributed by atoms with Crippen LogP contribution in [0.4, 0.5) is 0 Å². The Bertz CT molecular complexity index is 531. The van der Waals surface area contributed by atoms with E-state index in [0.717, 1.165) is 12.8 Å². The van der Waals surface area contributed by atoms with Crippen LogP contribution in [0, 0.1) is 0 Å². The number of carbonyl (C=O) groups excluding carboxylic acids is 2. The molecule has 0 spiro atoms. The zero-order valence-electron chi connectivity index (χ0n) is 25.3. The van der Waals surface area contributed by atoms with E-state index < -0.39 is 5.60 Å². The maximum absolute atomic E-state index is 11.8. The molecule has 0 aromatic heterocycles. The van der Waals surface area contributed by atoms with Gasteiger partial charge in [0.25, 0.3) is 0 Å². The van der Waals surface area contributed by atoms with Crippen LogP contribution in [0.3, 0.4) is 0 Å². The van der Waals surface area contributed by atoms with E-state index >= 15 is 0 Å². The lowest BCUT2D eigenvalue weighted by molar-refractivity contribution is -0.156. The smallest absolute Gasteiger partial charge is 0.308 e. The number of esters is 2. The molecule has 0 radical (unpaired) electrons. The Balaban J connectivity index is 3.23. The summed E-state index contributed by atoms with van der Waals surface area (Å²) in [6.45, 7) is 10.5. The lowest BCUT2D eigenvalue weighted by Gasteiger charge is -2.19. The minimum absolute atomic E-state index is 0.136. The molecule has 38 heavy (non-hydrogen) atoms. The Morgan fingerprint density at radius 1 is 0.474 bits per heavy atom. The molecule has 7 heteroatoms. The second-order valence-electron chi connectivity index (χ2n) is 11.1. The molecule has 0 amide bonds. The molecule has 0 saturated heterocycles. The van der Waals surface area contributed by atoms with E-state index in [1.807, 2.05) is 20.8 Å². The van der Waals surface area contributed by atoms with Gasteiger partial charge in [-0.2, -0.15) is 0 Å². The molecule has 0 aromatic rings. The minimum atomic E-state index is -0.468. The summed E-state index contributed by atoms with van der Waals surface area (Å²) in [4.78, 5) is 23.3. The fourth-order valence-corrected chi connectivity index (χ4v) is 4.02. The third-order valence-corrected chi connectivity index (χ3v) is 6.09. The van der Waals surface area contributed by atoms with Gasteiger partial charge >= 0.3 is 11.9 Å². The van der Waals surface area contributed by atoms with Crippen molar-refractivity contribution in [3.8, 4) is 0 Å². The van der Waals surface area contributed by atoms with Gasteiger partial charge in [-0.25, -0.2) is 0 Å². The normalized spacial score (nSPS) is 11.6. The highest BCUT2D eigenvalue weighted by Gasteiger charge is 2.15. The third-order valence-electron chi connectivity index (χ3n) is 6.09. The van der Waals surface area contributed by atoms with Gasteiger partial charge in [-0.1, -0.05) is 96.8 Å². The predicted molar refractivity (Wildman–Crippen MR) is 153 cm³/mol. The topological polar surface area (TPSA) is 80.3 Å². The van der Waals surface area contributed by atoms with Crippen molar-refractivity contribution in [2.45, 2.75) is 142 Å². The van der Waals surface area contributed by atoms with Crippen molar-refractivity contribution < 1.29 is 33.3 Å². The van der Waals surface area contributed by atoms with Gasteiger partial charge in [0.1, 0.15) is 12.2 Å². The van der Waals surface area contributed by atoms with Crippen LogP contribution >= 0.6 is 0 Å². The van der Waals surface area contributed by atoms with Crippen LogP contribution in [0.2, 0.25) is 0 Å². The molecule has 0 aliphatic carbocycles. The SMILES string of the molecule is CCCCCCCCCCCCCCCCCC(=O)OCCOCCOCCOCCC(=O)OC(C)(C)C. The van der Waals surface area contributed by atoms with E-state index in [-0.39, 0.29) is 25.0 Å². The van der Waals surface area contributed by atoms with Crippen LogP contribution in [0.15, 0.2) is 0 Å². The number of rotatable bonds is 28. The van der Waals surface area contributed by atoms with E-state index in [1.165, 1.54) is 83.5 Å². The second kappa shape index (κ2) is 27.4. The van der Waals surface area contributed by atoms with Crippen LogP contribution in [0.25, 0.3) is 0 Å². The highest BCUT2D eigenvalue weighted by atomic mass is 16.6. The van der Waals surface area contributed by atoms with Gasteiger partial charge in [0, 0.05) is 6.42 Å². The van der Waals surface area contributed by atoms with E-state index in [0.29, 0.717) is 46.1 Å². The van der Waals surface area contributed by atoms with Gasteiger partial charge in [0.05, 0.1) is 46.1 Å². The van der Waals surface area contributed by atoms with Crippen molar-refractivity contribution in [1.29, 1.82) is 0 Å². The minimum Gasteiger partial charge on any atom is -0.463 e. The molecule has 7 nitrogen and oxygen atoms in total. The van der Waals surface area contributed by atoms with Gasteiger partial charge in [-0.3, -0.25) is 9.59 Å². The van der Waals surface area contributed by atoms with Crippen LogP contribution in [-0.4, -0.2) is 63.8 Å². The molecule has 0 saturated carbocycles. The summed E-state index contributed by atoms with van der Waals surface area (Å²) in [6, 6.07) is 0. The lowest BCUT2D eigenvalue weighted by atomic mass is 10.0. The summed E-state index contributed by atoms with van der Waals surface area (Å²) in [5.41, 5.74) is -0.468. The average Bonchev–Trinajstić information content (AvgIpc) is 2.86. The Labute approximate surface area is 234 Å². The van der Waals surface area contributed by atoms with Crippen LogP contribution in [0.1, 0.15) is 137 Å². The maximum Gasteiger partial charge on any atom is 0.308 e. The second-order valence-corrected chi connectivity index (χ2v) is 11.1. The van der Waals surface area contributed by atoms with Gasteiger partial charge in [-0.15, -0.1) is 0 Å². The molecule has 0 unspecified atom stereocenters. The molecule has 0 N–H and O–H groups in total. The Hall–Kier alpha value is -1.18. The number of hydrogen-bond donors (Lipinski definition) is 0. The van der Waals surface area contributed by atoms with Crippen molar-refractivity contribution in [2.75, 3.05) is 46.2 Å². The van der Waals surface area contributed by atoms with Crippen molar-refractivity contribution >= 4 is 11.9 Å². The first kappa shape index (κ1) is 36.8. The number of hydrogen-bond acceptors (Lipinski definition) is 7. The molecule has 0 aromatic carbocycles. The Morgan fingerprint density at radius 2 is 0.868 bits per heavy atom. The summed E-state index contributed by atoms with van der Waals surface area (Å²) in [7, 11) is 0. The molecule has 0 rings (SSSR count). The maximum atomic E-state index is 11.8. The summed E-state index contributed by atoms with van der Waals surface area (Å²) in [5, 5.41) is 0. The van der Waals surface area contributed by atoms with Crippen LogP contribution < -0.4 is 0 Å². The number of unbranched alkanes of at least 4 members (excludes halogenated alkanes) is 14. The lowest BCUT2D eigenvalue weighted by Crippen LogP contribution is -2.24. The van der Waals surface area contributed by atoms with Gasteiger partial charge in [-0.05, 0) is 27.2 Å². The quantitative estimate of drug-likeness (QED) is 0.0742. The third kappa shape index (κ3) is 31.0. The molecule has 0 bridgehead atoms. The first-order chi connectivity index (χ1) is 18.3. The fourth-order valence-electron chi connectivity index (χ4n) is 4.02. The van der Waals surface area contributed by atoms with Crippen molar-refractivity contribution in [3.63, 3.8) is 0 Å². The fraction of sp³-hybridized carbons (Fsp3) is 0.935. The molecular formula is C31H60O7. The number of carbonyl (C=O) groups is 2. The van der Waals surface area contributed by atoms with Crippen LogP contribution in [0.5, 0.6) is 0 Å². The number of ether oxygens (including phenoxy) is 5. The van der Waals surface area contributed by atoms with E-state index in [2.05, 4.69) is 6.92 Å². The molecular weight excluding hydrogens is 484 g/mol. The van der Waals surface area contributed by atoms with Crippen molar-refractivity contribution in [2.24, 2.45) is 0 Å². The van der Waals surface area contributed by atoms with Gasteiger partial charge < -0.3 is 23.7 Å². The standard InChI is InChI=1S/C31H60O7/c1-5-6-7-8-9-10-11-12-13-14-15-16-17-18-19-20-29(32)37-28-27-36-26-25-35-24-23-34-22-21-30(33)38-31(2,3)4/h5-28H2,1-4H3. The molecule has 0 aliphatic rings. The summed E-state index contributed by atoms with van der Waals surface area (Å²) < 4.78 is 26.6. The molecule has 0 atom stereocenters. The zero-order chi connectivity index (χ0) is 28.2. The Kier molecular flexibility index (Phi) is 26.5. The highest BCUT2D eigenvalue weighted by molar-refractivity contribution is 5.70. The first-order valence-corrected chi connectivity index (χ1v) is 15.5. The van der Waals surface area contributed by atoms with Crippen molar-refractivity contribution in [3.05, 3.63) is 0 Å². The van der Waals surface area contributed by atoms with Crippen molar-refractivity contribution in [1.82, 2.24) is 0 Å². The highest BCUT2D eigenvalue weighted by Crippen LogP contribution is 2.14. The van der Waals surface area contributed by atoms with E-state index in [1.54, 1.807) is 0 Å². The predicted octanol–water partition coefficient (Wildman–Crippen LogP) is 7.57. The van der Waals surface area contributed by atoms with Gasteiger partial charge in [0.15, 0.2) is 0 Å². The monoisotopic (exact) mass is 544 g/mol. The summed E-state index contributed by atoms with van der Waals surface area (Å²) in [6.07, 6.45) is 20.5. The Morgan fingerprint density at radius 3 is 1.32 bits per heavy atom. The van der Waals surface area contributed by atoms with Crippen LogP contribution in [-0.2, 0) is 33.3 Å². The zero-order valence-corrected chi connectivity index (χ0v) is 25.3. The van der Waals surface area contributed by atoms with Gasteiger partial charge in [0.2, 0.25) is 0 Å². The summed E-state index contributed by atoms with van der Waals surface area (Å²) >= 11 is 0.